The Bertz CT molecular complexity index is 645. The monoisotopic (exact) mass is 339 g/mol. The minimum absolute atomic E-state index is 0.0278. The average molecular weight is 340 g/mol. The summed E-state index contributed by atoms with van der Waals surface area (Å²) in [7, 11) is 0. The fraction of sp³-hybridized carbons (Fsp3) is 0.0714. The van der Waals surface area contributed by atoms with Crippen LogP contribution in [0.3, 0.4) is 0 Å². The molecule has 0 heterocycles. The molecule has 0 saturated heterocycles. The van der Waals surface area contributed by atoms with Crippen molar-refractivity contribution in [3.05, 3.63) is 57.8 Å². The third kappa shape index (κ3) is 3.36. The van der Waals surface area contributed by atoms with Gasteiger partial charge >= 0.3 is 0 Å². The van der Waals surface area contributed by atoms with Gasteiger partial charge in [-0.2, -0.15) is 0 Å². The van der Waals surface area contributed by atoms with Crippen molar-refractivity contribution in [1.29, 1.82) is 0 Å². The number of thiol groups is 1. The highest BCUT2D eigenvalue weighted by molar-refractivity contribution is 9.10. The third-order valence-corrected chi connectivity index (χ3v) is 3.50. The number of rotatable bonds is 2. The molecule has 1 N–H and O–H groups in total. The molecule has 2 aromatic carbocycles. The van der Waals surface area contributed by atoms with Crippen molar-refractivity contribution < 1.29 is 9.18 Å². The lowest BCUT2D eigenvalue weighted by Gasteiger charge is -2.09. The minimum Gasteiger partial charge on any atom is -0.321 e. The number of aryl methyl sites for hydroxylation is 1. The highest BCUT2D eigenvalue weighted by atomic mass is 79.9. The molecule has 5 heteroatoms. The van der Waals surface area contributed by atoms with Crippen molar-refractivity contribution in [3.8, 4) is 0 Å². The molecule has 0 unspecified atom stereocenters. The molecule has 0 aliphatic rings. The standard InChI is InChI=1S/C14H11BrFNOS/c1-8-2-5-13(11(15)6-8)17-14(18)10-7-9(19)3-4-12(10)16/h2-7,19H,1H3,(H,17,18). The van der Waals surface area contributed by atoms with Crippen molar-refractivity contribution in [2.75, 3.05) is 5.32 Å². The van der Waals surface area contributed by atoms with Crippen molar-refractivity contribution in [2.45, 2.75) is 11.8 Å². The van der Waals surface area contributed by atoms with E-state index in [2.05, 4.69) is 33.9 Å². The molecule has 1 amide bonds. The number of halogens is 2. The first-order valence-electron chi connectivity index (χ1n) is 5.53. The van der Waals surface area contributed by atoms with E-state index in [4.69, 9.17) is 0 Å². The second-order valence-corrected chi connectivity index (χ2v) is 5.47. The SMILES string of the molecule is Cc1ccc(NC(=O)c2cc(S)ccc2F)c(Br)c1. The van der Waals surface area contributed by atoms with Gasteiger partial charge in [0.2, 0.25) is 0 Å². The first-order valence-corrected chi connectivity index (χ1v) is 6.77. The molecule has 0 aliphatic carbocycles. The fourth-order valence-electron chi connectivity index (χ4n) is 1.60. The van der Waals surface area contributed by atoms with Gasteiger partial charge in [0.05, 0.1) is 11.3 Å². The van der Waals surface area contributed by atoms with Gasteiger partial charge in [0, 0.05) is 9.37 Å². The molecule has 0 fully saturated rings. The van der Waals surface area contributed by atoms with Gasteiger partial charge in [0.15, 0.2) is 0 Å². The van der Waals surface area contributed by atoms with Crippen LogP contribution in [0.4, 0.5) is 10.1 Å². The summed E-state index contributed by atoms with van der Waals surface area (Å²) in [4.78, 5) is 12.6. The lowest BCUT2D eigenvalue weighted by atomic mass is 10.2. The summed E-state index contributed by atoms with van der Waals surface area (Å²) in [6, 6.07) is 9.63. The second-order valence-electron chi connectivity index (χ2n) is 4.10. The van der Waals surface area contributed by atoms with Gasteiger partial charge in [-0.3, -0.25) is 4.79 Å². The van der Waals surface area contributed by atoms with E-state index in [1.165, 1.54) is 18.2 Å². The minimum atomic E-state index is -0.571. The summed E-state index contributed by atoms with van der Waals surface area (Å²) in [5.41, 5.74) is 1.63. The van der Waals surface area contributed by atoms with Crippen LogP contribution < -0.4 is 5.32 Å². The summed E-state index contributed by atoms with van der Waals surface area (Å²) < 4.78 is 14.3. The largest absolute Gasteiger partial charge is 0.321 e. The Balaban J connectivity index is 2.28. The molecule has 2 rings (SSSR count). The highest BCUT2D eigenvalue weighted by Crippen LogP contribution is 2.24. The molecule has 0 aliphatic heterocycles. The number of carbonyl (C=O) groups is 1. The molecular weight excluding hydrogens is 329 g/mol. The molecule has 0 radical (unpaired) electrons. The van der Waals surface area contributed by atoms with Crippen LogP contribution in [0.5, 0.6) is 0 Å². The number of nitrogens with one attached hydrogen (secondary N) is 1. The molecule has 0 spiro atoms. The predicted octanol–water partition coefficient (Wildman–Crippen LogP) is 4.44. The van der Waals surface area contributed by atoms with Gasteiger partial charge in [0.25, 0.3) is 5.91 Å². The van der Waals surface area contributed by atoms with E-state index in [1.54, 1.807) is 6.07 Å². The Hall–Kier alpha value is -1.33. The smallest absolute Gasteiger partial charge is 0.258 e. The first-order chi connectivity index (χ1) is 8.97. The van der Waals surface area contributed by atoms with E-state index >= 15 is 0 Å². The normalized spacial score (nSPS) is 10.3. The van der Waals surface area contributed by atoms with Gasteiger partial charge in [-0.25, -0.2) is 4.39 Å². The number of anilines is 1. The maximum Gasteiger partial charge on any atom is 0.258 e. The molecule has 2 aromatic rings. The first kappa shape index (κ1) is 14.1. The van der Waals surface area contributed by atoms with E-state index < -0.39 is 11.7 Å². The third-order valence-electron chi connectivity index (χ3n) is 2.57. The Kier molecular flexibility index (Phi) is 4.27. The summed E-state index contributed by atoms with van der Waals surface area (Å²) in [6.07, 6.45) is 0. The maximum atomic E-state index is 13.6. The van der Waals surface area contributed by atoms with Gasteiger partial charge in [-0.15, -0.1) is 12.6 Å². The van der Waals surface area contributed by atoms with Gasteiger partial charge in [0.1, 0.15) is 5.82 Å². The lowest BCUT2D eigenvalue weighted by molar-refractivity contribution is 0.102. The van der Waals surface area contributed by atoms with E-state index in [9.17, 15) is 9.18 Å². The van der Waals surface area contributed by atoms with Crippen molar-refractivity contribution >= 4 is 40.2 Å². The summed E-state index contributed by atoms with van der Waals surface area (Å²) >= 11 is 7.46. The molecular formula is C14H11BrFNOS. The van der Waals surface area contributed by atoms with Gasteiger partial charge in [-0.1, -0.05) is 6.07 Å². The summed E-state index contributed by atoms with van der Waals surface area (Å²) in [6.45, 7) is 1.94. The molecule has 0 saturated carbocycles. The van der Waals surface area contributed by atoms with E-state index in [0.29, 0.717) is 10.6 Å². The number of benzene rings is 2. The van der Waals surface area contributed by atoms with Crippen LogP contribution in [-0.2, 0) is 0 Å². The average Bonchev–Trinajstić information content (AvgIpc) is 2.35. The topological polar surface area (TPSA) is 29.1 Å². The fourth-order valence-corrected chi connectivity index (χ4v) is 2.39. The Labute approximate surface area is 124 Å². The maximum absolute atomic E-state index is 13.6. The van der Waals surface area contributed by atoms with Crippen LogP contribution in [0.1, 0.15) is 15.9 Å². The number of hydrogen-bond acceptors (Lipinski definition) is 2. The molecule has 0 bridgehead atoms. The molecule has 2 nitrogen and oxygen atoms in total. The van der Waals surface area contributed by atoms with E-state index in [-0.39, 0.29) is 5.56 Å². The Morgan fingerprint density at radius 2 is 2.00 bits per heavy atom. The summed E-state index contributed by atoms with van der Waals surface area (Å²) in [5.74, 6) is -1.07. The van der Waals surface area contributed by atoms with Gasteiger partial charge < -0.3 is 5.32 Å². The Morgan fingerprint density at radius 1 is 1.26 bits per heavy atom. The van der Waals surface area contributed by atoms with Crippen LogP contribution in [0.25, 0.3) is 0 Å². The lowest BCUT2D eigenvalue weighted by Crippen LogP contribution is -2.14. The molecule has 0 aromatic heterocycles. The second kappa shape index (κ2) is 5.75. The zero-order valence-electron chi connectivity index (χ0n) is 10.1. The predicted molar refractivity (Wildman–Crippen MR) is 80.5 cm³/mol. The zero-order chi connectivity index (χ0) is 14.0. The Morgan fingerprint density at radius 3 is 2.68 bits per heavy atom. The van der Waals surface area contributed by atoms with Gasteiger partial charge in [-0.05, 0) is 58.7 Å². The van der Waals surface area contributed by atoms with E-state index in [1.807, 2.05) is 19.1 Å². The van der Waals surface area contributed by atoms with Crippen molar-refractivity contribution in [1.82, 2.24) is 0 Å². The van der Waals surface area contributed by atoms with Crippen LogP contribution >= 0.6 is 28.6 Å². The van der Waals surface area contributed by atoms with E-state index in [0.717, 1.165) is 10.0 Å². The van der Waals surface area contributed by atoms with Crippen LogP contribution in [-0.4, -0.2) is 5.91 Å². The van der Waals surface area contributed by atoms with Crippen molar-refractivity contribution in [2.24, 2.45) is 0 Å². The van der Waals surface area contributed by atoms with Crippen LogP contribution in [0.15, 0.2) is 45.8 Å². The number of hydrogen-bond donors (Lipinski definition) is 2. The van der Waals surface area contributed by atoms with Crippen LogP contribution in [0.2, 0.25) is 0 Å². The molecule has 19 heavy (non-hydrogen) atoms. The van der Waals surface area contributed by atoms with Crippen molar-refractivity contribution in [3.63, 3.8) is 0 Å². The molecule has 0 atom stereocenters. The highest BCUT2D eigenvalue weighted by Gasteiger charge is 2.13. The van der Waals surface area contributed by atoms with Crippen LogP contribution in [0, 0.1) is 12.7 Å². The number of amides is 1. The molecule has 98 valence electrons. The zero-order valence-corrected chi connectivity index (χ0v) is 12.6. The quantitative estimate of drug-likeness (QED) is 0.778. The number of carbonyl (C=O) groups excluding carboxylic acids is 1. The summed E-state index contributed by atoms with van der Waals surface area (Å²) in [5, 5.41) is 2.66.